The maximum Gasteiger partial charge on any atom is 0.313 e. The molecule has 3 aliphatic heterocycles. The van der Waals surface area contributed by atoms with Crippen LogP contribution in [0, 0.1) is 19.8 Å². The van der Waals surface area contributed by atoms with Gasteiger partial charge in [0.2, 0.25) is 17.9 Å². The summed E-state index contributed by atoms with van der Waals surface area (Å²) in [5.74, 6) is -0.176. The molecule has 1 N–H and O–H groups in total. The molecule has 12 heteroatoms. The molecule has 10 nitrogen and oxygen atoms in total. The van der Waals surface area contributed by atoms with Crippen molar-refractivity contribution in [2.24, 2.45) is 5.92 Å². The van der Waals surface area contributed by atoms with Crippen LogP contribution in [-0.4, -0.2) is 80.0 Å². The summed E-state index contributed by atoms with van der Waals surface area (Å²) in [7, 11) is 0. The number of carbonyl (C=O) groups excluding carboxylic acids is 2. The fraction of sp³-hybridized carbons (Fsp3) is 0.436. The van der Waals surface area contributed by atoms with Gasteiger partial charge in [-0.2, -0.15) is 0 Å². The second-order valence-electron chi connectivity index (χ2n) is 13.9. The molecule has 3 aromatic carbocycles. The van der Waals surface area contributed by atoms with Gasteiger partial charge in [-0.1, -0.05) is 43.1 Å². The first-order valence-electron chi connectivity index (χ1n) is 17.5. The van der Waals surface area contributed by atoms with Gasteiger partial charge in [-0.25, -0.2) is 0 Å². The number of quaternary nitrogens is 1. The fourth-order valence-electron chi connectivity index (χ4n) is 7.16. The number of hydrogen-bond donors (Lipinski definition) is 1. The summed E-state index contributed by atoms with van der Waals surface area (Å²) in [6, 6.07) is 17.7. The van der Waals surface area contributed by atoms with Crippen molar-refractivity contribution < 1.29 is 33.0 Å². The molecule has 0 aliphatic carbocycles. The number of halogens is 2. The number of ether oxygens (including phenoxy) is 4. The Morgan fingerprint density at radius 3 is 2.25 bits per heavy atom. The zero-order chi connectivity index (χ0) is 36.3. The van der Waals surface area contributed by atoms with Crippen molar-refractivity contribution >= 4 is 40.8 Å². The quantitative estimate of drug-likeness (QED) is 0.135. The van der Waals surface area contributed by atoms with Gasteiger partial charge in [0.15, 0.2) is 6.61 Å². The Labute approximate surface area is 310 Å². The molecule has 0 bridgehead atoms. The van der Waals surface area contributed by atoms with E-state index in [4.69, 9.17) is 42.1 Å². The molecule has 6 rings (SSSR count). The van der Waals surface area contributed by atoms with Crippen LogP contribution < -0.4 is 19.7 Å². The largest absolute Gasteiger partial charge is 0.485 e. The van der Waals surface area contributed by atoms with Gasteiger partial charge in [0.05, 0.1) is 30.4 Å². The predicted octanol–water partition coefficient (Wildman–Crippen LogP) is 6.54. The van der Waals surface area contributed by atoms with E-state index >= 15 is 0 Å². The van der Waals surface area contributed by atoms with E-state index in [0.717, 1.165) is 54.3 Å². The number of hydrogen-bond acceptors (Lipinski definition) is 8. The van der Waals surface area contributed by atoms with E-state index in [9.17, 15) is 9.59 Å². The first kappa shape index (κ1) is 37.0. The van der Waals surface area contributed by atoms with E-state index in [2.05, 4.69) is 40.7 Å². The smallest absolute Gasteiger partial charge is 0.313 e. The maximum absolute atomic E-state index is 12.5. The molecule has 51 heavy (non-hydrogen) atoms. The molecule has 0 saturated carbocycles. The van der Waals surface area contributed by atoms with Gasteiger partial charge in [0.1, 0.15) is 30.8 Å². The number of rotatable bonds is 11. The van der Waals surface area contributed by atoms with Gasteiger partial charge >= 0.3 is 5.97 Å². The number of carbonyl (C=O) groups is 2. The van der Waals surface area contributed by atoms with E-state index in [1.165, 1.54) is 0 Å². The molecule has 2 saturated heterocycles. The lowest BCUT2D eigenvalue weighted by atomic mass is 10.0. The second-order valence-corrected chi connectivity index (χ2v) is 14.8. The van der Waals surface area contributed by atoms with Crippen LogP contribution in [0.2, 0.25) is 10.0 Å². The lowest BCUT2D eigenvalue weighted by Crippen LogP contribution is -2.60. The normalized spacial score (nSPS) is 21.2. The summed E-state index contributed by atoms with van der Waals surface area (Å²) in [6.45, 7) is 14.4. The lowest BCUT2D eigenvalue weighted by molar-refractivity contribution is -0.923. The third-order valence-corrected chi connectivity index (χ3v) is 10.4. The monoisotopic (exact) mass is 737 g/mol. The third-order valence-electron chi connectivity index (χ3n) is 9.88. The highest BCUT2D eigenvalue weighted by Crippen LogP contribution is 2.42. The fourth-order valence-corrected chi connectivity index (χ4v) is 7.72. The molecule has 3 aromatic rings. The molecule has 272 valence electrons. The summed E-state index contributed by atoms with van der Waals surface area (Å²) < 4.78 is 25.5. The van der Waals surface area contributed by atoms with Gasteiger partial charge in [0.25, 0.3) is 0 Å². The van der Waals surface area contributed by atoms with Crippen molar-refractivity contribution in [1.82, 2.24) is 10.2 Å². The Kier molecular flexibility index (Phi) is 11.2. The molecule has 0 spiro atoms. The lowest BCUT2D eigenvalue weighted by Gasteiger charge is -2.43. The molecule has 0 radical (unpaired) electrons. The number of aryl methyl sites for hydroxylation is 2. The van der Waals surface area contributed by atoms with Crippen LogP contribution >= 0.6 is 23.2 Å². The zero-order valence-electron chi connectivity index (χ0n) is 29.9. The second kappa shape index (κ2) is 15.4. The summed E-state index contributed by atoms with van der Waals surface area (Å²) in [4.78, 5) is 28.4. The van der Waals surface area contributed by atoms with Crippen molar-refractivity contribution in [3.05, 3.63) is 99.3 Å². The molecule has 2 fully saturated rings. The maximum atomic E-state index is 12.5. The van der Waals surface area contributed by atoms with E-state index in [1.54, 1.807) is 19.1 Å². The number of esters is 1. The summed E-state index contributed by atoms with van der Waals surface area (Å²) in [5.41, 5.74) is 4.63. The average molecular weight is 739 g/mol. The number of piperazine rings is 1. The molecule has 1 amide bonds. The van der Waals surface area contributed by atoms with Crippen LogP contribution in [0.4, 0.5) is 5.69 Å². The Morgan fingerprint density at radius 2 is 1.65 bits per heavy atom. The van der Waals surface area contributed by atoms with Gasteiger partial charge in [-0.3, -0.25) is 14.1 Å². The zero-order valence-corrected chi connectivity index (χ0v) is 31.4. The number of amides is 1. The Bertz CT molecular complexity index is 1750. The van der Waals surface area contributed by atoms with Crippen LogP contribution in [-0.2, 0) is 31.4 Å². The SMILES string of the molecule is CC(=O)N1CCN(c2ccc(OCC3NC=C[N+]3(Cc3cc(C)c(OC(=O)C(C)C)c(C)c3)CC3(c4ccc(Cl)cc4Cl)OCCO3)cc2)CC1. The van der Waals surface area contributed by atoms with Crippen LogP contribution in [0.5, 0.6) is 11.5 Å². The summed E-state index contributed by atoms with van der Waals surface area (Å²) in [5, 5.41) is 4.55. The number of nitrogens with zero attached hydrogens (tertiary/aromatic N) is 3. The van der Waals surface area contributed by atoms with Crippen molar-refractivity contribution in [1.29, 1.82) is 0 Å². The Hall–Kier alpha value is -3.80. The van der Waals surface area contributed by atoms with Crippen LogP contribution in [0.3, 0.4) is 0 Å². The standard InChI is InChI=1S/C39H47Cl2N4O6/c1-26(2)38(47)51-37-27(3)20-30(21-28(37)4)23-45(25-39(49-18-19-50-39)34-11-6-31(40)22-35(34)41)17-12-42-36(45)24-48-33-9-7-32(8-10-33)44-15-13-43(14-16-44)29(5)46/h6-12,17,20-22,26,36,42H,13-16,18-19,23-25H2,1-5H3/q+1. The van der Waals surface area contributed by atoms with E-state index in [-0.39, 0.29) is 24.0 Å². The van der Waals surface area contributed by atoms with Crippen LogP contribution in [0.1, 0.15) is 43.0 Å². The number of benzene rings is 3. The Balaban J connectivity index is 1.27. The van der Waals surface area contributed by atoms with Gasteiger partial charge in [-0.05, 0) is 73.5 Å². The third kappa shape index (κ3) is 8.16. The highest BCUT2D eigenvalue weighted by Gasteiger charge is 2.52. The molecule has 3 aliphatic rings. The number of anilines is 1. The minimum atomic E-state index is -1.14. The van der Waals surface area contributed by atoms with Crippen molar-refractivity contribution in [3.8, 4) is 11.5 Å². The molecule has 0 aromatic heterocycles. The molecule has 2 atom stereocenters. The van der Waals surface area contributed by atoms with E-state index < -0.39 is 5.79 Å². The molecular formula is C39H47Cl2N4O6+. The molecule has 2 unspecified atom stereocenters. The minimum Gasteiger partial charge on any atom is -0.485 e. The minimum absolute atomic E-state index is 0.116. The number of nitrogens with one attached hydrogen (secondary N) is 1. The highest BCUT2D eigenvalue weighted by molar-refractivity contribution is 6.35. The van der Waals surface area contributed by atoms with Crippen LogP contribution in [0.25, 0.3) is 0 Å². The summed E-state index contributed by atoms with van der Waals surface area (Å²) in [6.07, 6.45) is 3.87. The summed E-state index contributed by atoms with van der Waals surface area (Å²) >= 11 is 13.1. The highest BCUT2D eigenvalue weighted by atomic mass is 35.5. The molecule has 3 heterocycles. The van der Waals surface area contributed by atoms with Crippen molar-refractivity contribution in [2.45, 2.75) is 53.1 Å². The van der Waals surface area contributed by atoms with Gasteiger partial charge in [-0.15, -0.1) is 0 Å². The average Bonchev–Trinajstić information content (AvgIpc) is 3.72. The van der Waals surface area contributed by atoms with Crippen molar-refractivity contribution in [2.75, 3.05) is 57.4 Å². The van der Waals surface area contributed by atoms with Gasteiger partial charge < -0.3 is 34.1 Å². The molecular weight excluding hydrogens is 691 g/mol. The first-order valence-corrected chi connectivity index (χ1v) is 18.2. The van der Waals surface area contributed by atoms with E-state index in [1.807, 2.05) is 57.0 Å². The van der Waals surface area contributed by atoms with Gasteiger partial charge in [0, 0.05) is 54.9 Å². The topological polar surface area (TPSA) is 89.6 Å². The first-order chi connectivity index (χ1) is 24.4. The van der Waals surface area contributed by atoms with Crippen molar-refractivity contribution in [3.63, 3.8) is 0 Å². The van der Waals surface area contributed by atoms with Crippen LogP contribution in [0.15, 0.2) is 67.0 Å². The Morgan fingerprint density at radius 1 is 0.980 bits per heavy atom. The predicted molar refractivity (Wildman–Crippen MR) is 198 cm³/mol. The van der Waals surface area contributed by atoms with E-state index in [0.29, 0.717) is 58.8 Å².